The van der Waals surface area contributed by atoms with E-state index in [2.05, 4.69) is 107 Å². The summed E-state index contributed by atoms with van der Waals surface area (Å²) in [5.41, 5.74) is 13.1. The highest BCUT2D eigenvalue weighted by molar-refractivity contribution is 5.97. The van der Waals surface area contributed by atoms with Gasteiger partial charge in [0.05, 0.1) is 64.0 Å². The molecule has 0 fully saturated rings. The van der Waals surface area contributed by atoms with E-state index in [0.29, 0.717) is 97.9 Å². The average Bonchev–Trinajstić information content (AvgIpc) is 0.781. The van der Waals surface area contributed by atoms with Crippen molar-refractivity contribution < 1.29 is 115 Å². The molecule has 0 bridgehead atoms. The molecule has 8 rings (SSSR count). The van der Waals surface area contributed by atoms with Gasteiger partial charge in [0.15, 0.2) is 5.78 Å². The molecule has 8 aromatic carbocycles. The Morgan fingerprint density at radius 2 is 0.740 bits per heavy atom. The van der Waals surface area contributed by atoms with E-state index in [1.54, 1.807) is 42.5 Å². The van der Waals surface area contributed by atoms with Gasteiger partial charge in [-0.1, -0.05) is 140 Å². The number of methoxy groups -OCH3 is 5. The molecule has 127 heavy (non-hydrogen) atoms. The fourth-order valence-corrected chi connectivity index (χ4v) is 13.3. The maximum Gasteiger partial charge on any atom is 0.302 e. The number of aliphatic hydroxyl groups is 4. The van der Waals surface area contributed by atoms with Gasteiger partial charge >= 0.3 is 11.9 Å². The average molecular weight is 1770 g/mol. The van der Waals surface area contributed by atoms with Crippen molar-refractivity contribution >= 4 is 17.7 Å². The number of ketones is 1. The molecule has 5 unspecified atom stereocenters. The molecule has 5 N–H and O–H groups in total. The molecule has 0 radical (unpaired) electrons. The number of aliphatic hydroxyl groups excluding tert-OH is 4. The van der Waals surface area contributed by atoms with Crippen LogP contribution in [0.3, 0.4) is 0 Å². The van der Waals surface area contributed by atoms with Gasteiger partial charge in [0.2, 0.25) is 0 Å². The smallest absolute Gasteiger partial charge is 0.302 e. The molecule has 0 aliphatic heterocycles. The van der Waals surface area contributed by atoms with Crippen molar-refractivity contribution in [1.82, 2.24) is 0 Å². The molecule has 5 atom stereocenters. The first-order valence-corrected chi connectivity index (χ1v) is 42.9. The number of hydrogen-bond acceptors (Lipinski definition) is 23. The minimum absolute atomic E-state index is 0. The predicted octanol–water partition coefficient (Wildman–Crippen LogP) is 21.4. The normalized spacial score (nSPS) is 12.2. The fraction of sp³-hybridized carbons (Fsp3) is 0.505. The van der Waals surface area contributed by atoms with Crippen LogP contribution in [0.2, 0.25) is 0 Å². The van der Waals surface area contributed by atoms with Crippen LogP contribution in [0.5, 0.6) is 51.7 Å². The van der Waals surface area contributed by atoms with Crippen LogP contribution in [0.1, 0.15) is 288 Å². The molecular formula is C103H147FO23. The molecule has 0 aromatic heterocycles. The molecule has 0 aliphatic carbocycles. The van der Waals surface area contributed by atoms with Crippen molar-refractivity contribution in [3.8, 4) is 51.7 Å². The zero-order valence-electron chi connectivity index (χ0n) is 77.8. The standard InChI is InChI=1S/C29H44O4.C26H36O6.C24H29FO6.C22H30O7.2CH4/c1-11-29(7,8)22-12-14-24(15-13-22)32-16-17-33-27-25(20(2)30-9)18-23(28(4,5)6)19-26(27)21(3)31-10;1-7-18(2)21-8-9-25(24(14-21)19(3)27)31-10-11-32-26-22(16-29-5)12-20(15-28-4)13-23(26)17-30-6;1-5-16(2)19-6-8-23(9-7-19)28-10-11-29-24-20(14-30-17(3)26)12-22(25)13-21(24)15-31-18(4)27;1-3-14(2)15-4-6-16(7-5-15)28-8-9-29-22-19(12-25)17(10-23)21(27)18(11-24)20(22)13-26;;/h12-15,18-21H,11,16-17H2,1-10H3;8-9,12-14,18H,7,10-11,15-17H2,1-6H3;6-9,12-13,16H,5,10-11,14-15H2,1-4H3;4-7,14,23-27H,3,8-13H2,1-2H3;2*1H4. The number of rotatable bonds is 47. The predicted molar refractivity (Wildman–Crippen MR) is 496 cm³/mol. The maximum atomic E-state index is 14.0. The van der Waals surface area contributed by atoms with Gasteiger partial charge < -0.3 is 96.6 Å². The van der Waals surface area contributed by atoms with Gasteiger partial charge in [0.25, 0.3) is 0 Å². The second kappa shape index (κ2) is 57.1. The Balaban J connectivity index is 0.000000435. The van der Waals surface area contributed by atoms with Gasteiger partial charge in [0, 0.05) is 105 Å². The van der Waals surface area contributed by atoms with Crippen molar-refractivity contribution in [3.05, 3.63) is 228 Å². The van der Waals surface area contributed by atoms with E-state index in [1.807, 2.05) is 105 Å². The van der Waals surface area contributed by atoms with Crippen LogP contribution in [0.4, 0.5) is 4.39 Å². The molecular weight excluding hydrogens is 1620 g/mol. The number of benzene rings is 8. The largest absolute Gasteiger partial charge is 0.507 e. The molecule has 23 nitrogen and oxygen atoms in total. The van der Waals surface area contributed by atoms with Gasteiger partial charge in [0.1, 0.15) is 124 Å². The summed E-state index contributed by atoms with van der Waals surface area (Å²) < 4.78 is 98.6. The van der Waals surface area contributed by atoms with Crippen molar-refractivity contribution in [2.75, 3.05) is 88.4 Å². The number of aromatic hydroxyl groups is 1. The van der Waals surface area contributed by atoms with Crippen LogP contribution in [0.15, 0.2) is 127 Å². The molecule has 0 heterocycles. The van der Waals surface area contributed by atoms with Crippen LogP contribution in [-0.4, -0.2) is 132 Å². The quantitative estimate of drug-likeness (QED) is 0.0135. The highest BCUT2D eigenvalue weighted by Crippen LogP contribution is 2.42. The summed E-state index contributed by atoms with van der Waals surface area (Å²) in [5, 5.41) is 48.7. The summed E-state index contributed by atoms with van der Waals surface area (Å²) >= 11 is 0. The Hall–Kier alpha value is -9.86. The maximum absolute atomic E-state index is 14.0. The second-order valence-electron chi connectivity index (χ2n) is 32.3. The summed E-state index contributed by atoms with van der Waals surface area (Å²) in [6.45, 7) is 35.6. The highest BCUT2D eigenvalue weighted by Gasteiger charge is 2.28. The third-order valence-electron chi connectivity index (χ3n) is 21.9. The Morgan fingerprint density at radius 1 is 0.394 bits per heavy atom. The third-order valence-corrected chi connectivity index (χ3v) is 21.9. The van der Waals surface area contributed by atoms with Crippen LogP contribution < -0.4 is 37.9 Å². The zero-order chi connectivity index (χ0) is 92.5. The van der Waals surface area contributed by atoms with Crippen LogP contribution in [0.25, 0.3) is 0 Å². The molecule has 8 aromatic rings. The minimum Gasteiger partial charge on any atom is -0.507 e. The van der Waals surface area contributed by atoms with Crippen molar-refractivity contribution in [2.24, 2.45) is 0 Å². The lowest BCUT2D eigenvalue weighted by Crippen LogP contribution is -2.17. The zero-order valence-corrected chi connectivity index (χ0v) is 77.8. The molecule has 24 heteroatoms. The Kier molecular flexibility index (Phi) is 50.1. The summed E-state index contributed by atoms with van der Waals surface area (Å²) in [7, 11) is 8.42. The molecule has 0 saturated heterocycles. The first-order chi connectivity index (χ1) is 59.7. The van der Waals surface area contributed by atoms with E-state index in [0.717, 1.165) is 82.1 Å². The minimum atomic E-state index is -0.547. The second-order valence-corrected chi connectivity index (χ2v) is 32.3. The number of esters is 2. The highest BCUT2D eigenvalue weighted by atomic mass is 19.1. The Morgan fingerprint density at radius 3 is 1.09 bits per heavy atom. The third kappa shape index (κ3) is 34.6. The van der Waals surface area contributed by atoms with Crippen molar-refractivity contribution in [2.45, 2.75) is 258 Å². The molecule has 0 aliphatic rings. The number of hydrogen-bond donors (Lipinski definition) is 5. The SMILES string of the molecule is C.C.CCC(C)(C)c1ccc(OCCOc2c(C(C)OC)cc(C(C)(C)C)cc2C(C)OC)cc1.CCC(C)c1ccc(OCCOc2c(CO)c(CO)c(O)c(CO)c2CO)cc1.CCC(C)c1ccc(OCCOc2c(COC(C)=O)cc(F)cc2COC(C)=O)cc1.CCC(C)c1ccc(OCCOc2c(COC)cc(COC)cc2COC)c(C(C)=O)c1. The van der Waals surface area contributed by atoms with Crippen molar-refractivity contribution in [3.63, 3.8) is 0 Å². The van der Waals surface area contributed by atoms with Gasteiger partial charge in [-0.25, -0.2) is 4.39 Å². The summed E-state index contributed by atoms with van der Waals surface area (Å²) in [6.07, 6.45) is 4.05. The first-order valence-electron chi connectivity index (χ1n) is 42.9. The molecule has 0 saturated carbocycles. The van der Waals surface area contributed by atoms with Crippen LogP contribution >= 0.6 is 0 Å². The number of carbonyl (C=O) groups excluding carboxylic acids is 3. The lowest BCUT2D eigenvalue weighted by atomic mass is 9.82. The van der Waals surface area contributed by atoms with E-state index in [1.165, 1.54) is 48.2 Å². The van der Waals surface area contributed by atoms with E-state index < -0.39 is 44.2 Å². The summed E-state index contributed by atoms with van der Waals surface area (Å²) in [4.78, 5) is 34.5. The molecule has 704 valence electrons. The number of phenols is 1. The molecule has 0 spiro atoms. The Bertz CT molecular complexity index is 4440. The summed E-state index contributed by atoms with van der Waals surface area (Å²) in [5.74, 6) is 4.31. The van der Waals surface area contributed by atoms with E-state index >= 15 is 0 Å². The lowest BCUT2D eigenvalue weighted by Gasteiger charge is -2.27. The molecule has 0 amide bonds. The van der Waals surface area contributed by atoms with E-state index in [9.17, 15) is 44.3 Å². The van der Waals surface area contributed by atoms with Gasteiger partial charge in [-0.3, -0.25) is 14.4 Å². The van der Waals surface area contributed by atoms with Crippen LogP contribution in [-0.2, 0) is 113 Å². The fourth-order valence-electron chi connectivity index (χ4n) is 13.3. The number of halogens is 1. The number of ether oxygens (including phenoxy) is 15. The number of Topliss-reactive ketones (excluding diaryl/α,β-unsaturated/α-hetero) is 1. The Labute approximate surface area is 755 Å². The van der Waals surface area contributed by atoms with Gasteiger partial charge in [-0.05, 0) is 193 Å². The van der Waals surface area contributed by atoms with E-state index in [4.69, 9.17) is 71.1 Å². The van der Waals surface area contributed by atoms with Crippen molar-refractivity contribution in [1.29, 1.82) is 0 Å². The monoisotopic (exact) mass is 1770 g/mol. The lowest BCUT2D eigenvalue weighted by molar-refractivity contribution is -0.142. The first kappa shape index (κ1) is 111. The number of carbonyl (C=O) groups is 3. The topological polar surface area (TPSA) is 291 Å². The van der Waals surface area contributed by atoms with Gasteiger partial charge in [-0.15, -0.1) is 0 Å². The van der Waals surface area contributed by atoms with E-state index in [-0.39, 0.29) is 117 Å². The van der Waals surface area contributed by atoms with Crippen LogP contribution in [0, 0.1) is 5.82 Å². The summed E-state index contributed by atoms with van der Waals surface area (Å²) in [6, 6.07) is 40.9. The van der Waals surface area contributed by atoms with Gasteiger partial charge in [-0.2, -0.15) is 0 Å².